The zero-order valence-electron chi connectivity index (χ0n) is 12.1. The van der Waals surface area contributed by atoms with Crippen molar-refractivity contribution in [3.63, 3.8) is 0 Å². The summed E-state index contributed by atoms with van der Waals surface area (Å²) in [6, 6.07) is 3.62. The Morgan fingerprint density at radius 2 is 2.10 bits per heavy atom. The van der Waals surface area contributed by atoms with Gasteiger partial charge in [-0.25, -0.2) is 4.39 Å². The number of benzene rings is 1. The van der Waals surface area contributed by atoms with Gasteiger partial charge in [-0.3, -0.25) is 9.59 Å². The van der Waals surface area contributed by atoms with E-state index < -0.39 is 23.1 Å². The third-order valence-electron chi connectivity index (χ3n) is 4.36. The molecule has 21 heavy (non-hydrogen) atoms. The van der Waals surface area contributed by atoms with Crippen LogP contribution in [0.25, 0.3) is 0 Å². The molecule has 6 heteroatoms. The van der Waals surface area contributed by atoms with Crippen LogP contribution in [0.5, 0.6) is 0 Å². The predicted molar refractivity (Wildman–Crippen MR) is 76.2 cm³/mol. The summed E-state index contributed by atoms with van der Waals surface area (Å²) in [6.45, 7) is 4.12. The molecule has 1 aromatic rings. The standard InChI is InChI=1S/C15H19FN2O3/c1-9(2)15(14(20)21)5-6-18(8-15)13(19)11-7-10(16)3-4-12(11)17/h3-4,7,9H,5-6,8,17H2,1-2H3,(H,20,21). The minimum absolute atomic E-state index is 0.0833. The first-order valence-electron chi connectivity index (χ1n) is 6.85. The molecule has 1 fully saturated rings. The topological polar surface area (TPSA) is 83.6 Å². The first-order valence-corrected chi connectivity index (χ1v) is 6.85. The van der Waals surface area contributed by atoms with Crippen LogP contribution < -0.4 is 5.73 Å². The van der Waals surface area contributed by atoms with Crippen LogP contribution in [-0.4, -0.2) is 35.0 Å². The fraction of sp³-hybridized carbons (Fsp3) is 0.467. The van der Waals surface area contributed by atoms with Crippen molar-refractivity contribution in [3.05, 3.63) is 29.6 Å². The zero-order valence-corrected chi connectivity index (χ0v) is 12.1. The lowest BCUT2D eigenvalue weighted by molar-refractivity contribution is -0.150. The van der Waals surface area contributed by atoms with Crippen LogP contribution in [0.3, 0.4) is 0 Å². The number of hydrogen-bond donors (Lipinski definition) is 2. The molecule has 5 nitrogen and oxygen atoms in total. The smallest absolute Gasteiger partial charge is 0.311 e. The summed E-state index contributed by atoms with van der Waals surface area (Å²) in [5, 5.41) is 9.48. The van der Waals surface area contributed by atoms with Crippen molar-refractivity contribution in [1.82, 2.24) is 4.90 Å². The number of carbonyl (C=O) groups excluding carboxylic acids is 1. The van der Waals surface area contributed by atoms with Gasteiger partial charge in [0.1, 0.15) is 5.82 Å². The Balaban J connectivity index is 2.27. The van der Waals surface area contributed by atoms with Crippen LogP contribution in [0.15, 0.2) is 18.2 Å². The molecule has 1 heterocycles. The fourth-order valence-corrected chi connectivity index (χ4v) is 2.78. The van der Waals surface area contributed by atoms with Gasteiger partial charge in [-0.1, -0.05) is 13.8 Å². The number of halogens is 1. The molecule has 0 aromatic heterocycles. The molecule has 1 saturated heterocycles. The van der Waals surface area contributed by atoms with Gasteiger partial charge in [0.25, 0.3) is 5.91 Å². The number of nitrogen functional groups attached to an aromatic ring is 1. The van der Waals surface area contributed by atoms with E-state index in [-0.39, 0.29) is 23.7 Å². The van der Waals surface area contributed by atoms with E-state index in [0.717, 1.165) is 6.07 Å². The maximum atomic E-state index is 13.3. The monoisotopic (exact) mass is 294 g/mol. The number of likely N-dealkylation sites (tertiary alicyclic amines) is 1. The summed E-state index contributed by atoms with van der Waals surface area (Å²) in [5.41, 5.74) is 5.04. The molecule has 1 atom stereocenters. The van der Waals surface area contributed by atoms with E-state index in [1.807, 2.05) is 13.8 Å². The van der Waals surface area contributed by atoms with Crippen LogP contribution in [0, 0.1) is 17.2 Å². The van der Waals surface area contributed by atoms with Gasteiger partial charge in [0.15, 0.2) is 0 Å². The van der Waals surface area contributed by atoms with E-state index in [1.54, 1.807) is 0 Å². The van der Waals surface area contributed by atoms with Gasteiger partial charge in [0, 0.05) is 18.8 Å². The lowest BCUT2D eigenvalue weighted by atomic mass is 9.76. The van der Waals surface area contributed by atoms with E-state index in [0.29, 0.717) is 13.0 Å². The average Bonchev–Trinajstić information content (AvgIpc) is 2.87. The molecule has 0 bridgehead atoms. The van der Waals surface area contributed by atoms with Gasteiger partial charge in [0.2, 0.25) is 0 Å². The molecule has 3 N–H and O–H groups in total. The number of nitrogens with two attached hydrogens (primary N) is 1. The first-order chi connectivity index (χ1) is 9.78. The van der Waals surface area contributed by atoms with Gasteiger partial charge < -0.3 is 15.7 Å². The second-order valence-corrected chi connectivity index (χ2v) is 5.82. The molecule has 2 rings (SSSR count). The van der Waals surface area contributed by atoms with Crippen LogP contribution in [0.1, 0.15) is 30.6 Å². The minimum Gasteiger partial charge on any atom is -0.481 e. The van der Waals surface area contributed by atoms with Crippen LogP contribution in [-0.2, 0) is 4.79 Å². The zero-order chi connectivity index (χ0) is 15.8. The highest BCUT2D eigenvalue weighted by atomic mass is 19.1. The van der Waals surface area contributed by atoms with Gasteiger partial charge in [-0.2, -0.15) is 0 Å². The lowest BCUT2D eigenvalue weighted by Crippen LogP contribution is -2.40. The summed E-state index contributed by atoms with van der Waals surface area (Å²) in [6.07, 6.45) is 0.390. The van der Waals surface area contributed by atoms with Gasteiger partial charge in [-0.05, 0) is 30.5 Å². The molecule has 114 valence electrons. The normalized spacial score (nSPS) is 21.8. The Hall–Kier alpha value is -2.11. The molecule has 1 aliphatic heterocycles. The molecule has 0 radical (unpaired) electrons. The number of anilines is 1. The van der Waals surface area contributed by atoms with Crippen molar-refractivity contribution < 1.29 is 19.1 Å². The Morgan fingerprint density at radius 1 is 1.43 bits per heavy atom. The van der Waals surface area contributed by atoms with Crippen molar-refractivity contribution in [2.75, 3.05) is 18.8 Å². The predicted octanol–water partition coefficient (Wildman–Crippen LogP) is 1.98. The van der Waals surface area contributed by atoms with E-state index in [9.17, 15) is 19.1 Å². The van der Waals surface area contributed by atoms with Gasteiger partial charge >= 0.3 is 5.97 Å². The molecular weight excluding hydrogens is 275 g/mol. The van der Waals surface area contributed by atoms with Crippen molar-refractivity contribution in [3.8, 4) is 0 Å². The number of aliphatic carboxylic acids is 1. The van der Waals surface area contributed by atoms with Gasteiger partial charge in [0.05, 0.1) is 11.0 Å². The quantitative estimate of drug-likeness (QED) is 0.835. The highest BCUT2D eigenvalue weighted by Gasteiger charge is 2.48. The summed E-state index contributed by atoms with van der Waals surface area (Å²) in [5.74, 6) is -1.96. The molecule has 1 unspecified atom stereocenters. The Bertz CT molecular complexity index is 588. The highest BCUT2D eigenvalue weighted by molar-refractivity contribution is 5.99. The maximum Gasteiger partial charge on any atom is 0.311 e. The van der Waals surface area contributed by atoms with Gasteiger partial charge in [-0.15, -0.1) is 0 Å². The van der Waals surface area contributed by atoms with Crippen molar-refractivity contribution in [1.29, 1.82) is 0 Å². The van der Waals surface area contributed by atoms with Crippen LogP contribution in [0.4, 0.5) is 10.1 Å². The average molecular weight is 294 g/mol. The molecular formula is C15H19FN2O3. The minimum atomic E-state index is -0.947. The molecule has 1 amide bonds. The summed E-state index contributed by atoms with van der Waals surface area (Å²) >= 11 is 0. The highest BCUT2D eigenvalue weighted by Crippen LogP contribution is 2.38. The van der Waals surface area contributed by atoms with Crippen molar-refractivity contribution in [2.45, 2.75) is 20.3 Å². The fourth-order valence-electron chi connectivity index (χ4n) is 2.78. The molecule has 1 aliphatic rings. The van der Waals surface area contributed by atoms with Crippen molar-refractivity contribution in [2.24, 2.45) is 11.3 Å². The van der Waals surface area contributed by atoms with E-state index in [2.05, 4.69) is 0 Å². The SMILES string of the molecule is CC(C)C1(C(=O)O)CCN(C(=O)c2cc(F)ccc2N)C1. The summed E-state index contributed by atoms with van der Waals surface area (Å²) in [4.78, 5) is 25.5. The van der Waals surface area contributed by atoms with E-state index >= 15 is 0 Å². The van der Waals surface area contributed by atoms with Crippen molar-refractivity contribution >= 4 is 17.6 Å². The number of carbonyl (C=O) groups is 2. The number of carboxylic acid groups (broad SMARTS) is 1. The second-order valence-electron chi connectivity index (χ2n) is 5.82. The molecule has 0 aliphatic carbocycles. The largest absolute Gasteiger partial charge is 0.481 e. The summed E-state index contributed by atoms with van der Waals surface area (Å²) < 4.78 is 13.3. The number of carboxylic acids is 1. The summed E-state index contributed by atoms with van der Waals surface area (Å²) in [7, 11) is 0. The van der Waals surface area contributed by atoms with E-state index in [1.165, 1.54) is 17.0 Å². The number of rotatable bonds is 3. The first kappa shape index (κ1) is 15.3. The van der Waals surface area contributed by atoms with E-state index in [4.69, 9.17) is 5.73 Å². The van der Waals surface area contributed by atoms with Crippen LogP contribution >= 0.6 is 0 Å². The third-order valence-corrected chi connectivity index (χ3v) is 4.36. The van der Waals surface area contributed by atoms with Crippen LogP contribution in [0.2, 0.25) is 0 Å². The molecule has 0 saturated carbocycles. The Labute approximate surface area is 122 Å². The lowest BCUT2D eigenvalue weighted by Gasteiger charge is -2.28. The number of hydrogen-bond acceptors (Lipinski definition) is 3. The molecule has 0 spiro atoms. The second kappa shape index (κ2) is 5.35. The Morgan fingerprint density at radius 3 is 2.62 bits per heavy atom. The number of amides is 1. The third kappa shape index (κ3) is 2.57. The Kier molecular flexibility index (Phi) is 3.89. The molecule has 1 aromatic carbocycles. The number of nitrogens with zero attached hydrogens (tertiary/aromatic N) is 1. The maximum absolute atomic E-state index is 13.3.